The van der Waals surface area contributed by atoms with E-state index in [1.807, 2.05) is 18.2 Å². The van der Waals surface area contributed by atoms with Gasteiger partial charge in [0.25, 0.3) is 0 Å². The first kappa shape index (κ1) is 14.8. The zero-order valence-electron chi connectivity index (χ0n) is 13.1. The first-order chi connectivity index (χ1) is 11.8. The summed E-state index contributed by atoms with van der Waals surface area (Å²) >= 11 is 0. The summed E-state index contributed by atoms with van der Waals surface area (Å²) in [5, 5.41) is 1.15. The van der Waals surface area contributed by atoms with Crippen LogP contribution in [0.1, 0.15) is 12.8 Å². The summed E-state index contributed by atoms with van der Waals surface area (Å²) in [6.45, 7) is 1.72. The maximum absolute atomic E-state index is 12.8. The van der Waals surface area contributed by atoms with Gasteiger partial charge in [-0.2, -0.15) is 0 Å². The maximum atomic E-state index is 12.8. The molecule has 0 atom stereocenters. The third-order valence-electron chi connectivity index (χ3n) is 4.22. The van der Waals surface area contributed by atoms with Gasteiger partial charge in [-0.15, -0.1) is 0 Å². The molecule has 3 aromatic rings. The number of ether oxygens (including phenoxy) is 1. The van der Waals surface area contributed by atoms with Crippen molar-refractivity contribution in [2.75, 3.05) is 18.0 Å². The smallest absolute Gasteiger partial charge is 0.316 e. The summed E-state index contributed by atoms with van der Waals surface area (Å²) < 4.78 is 18.5. The molecular weight excluding hydrogens is 307 g/mol. The van der Waals surface area contributed by atoms with Crippen LogP contribution in [0.4, 0.5) is 10.2 Å². The lowest BCUT2D eigenvalue weighted by atomic mass is 10.1. The fourth-order valence-corrected chi connectivity index (χ4v) is 2.94. The Balaban J connectivity index is 1.40. The van der Waals surface area contributed by atoms with E-state index in [2.05, 4.69) is 33.1 Å². The van der Waals surface area contributed by atoms with Crippen LogP contribution in [0.5, 0.6) is 6.01 Å². The number of hydrogen-bond acceptors (Lipinski definition) is 5. The molecule has 122 valence electrons. The van der Waals surface area contributed by atoms with E-state index < -0.39 is 5.82 Å². The lowest BCUT2D eigenvalue weighted by Gasteiger charge is -2.32. The van der Waals surface area contributed by atoms with Crippen LogP contribution in [0.2, 0.25) is 0 Å². The Morgan fingerprint density at radius 2 is 1.75 bits per heavy atom. The molecule has 5 nitrogen and oxygen atoms in total. The molecule has 1 aliphatic rings. The van der Waals surface area contributed by atoms with Gasteiger partial charge in [-0.25, -0.2) is 19.3 Å². The predicted octanol–water partition coefficient (Wildman–Crippen LogP) is 3.21. The van der Waals surface area contributed by atoms with E-state index in [0.717, 1.165) is 55.0 Å². The van der Waals surface area contributed by atoms with E-state index in [0.29, 0.717) is 0 Å². The number of nitrogens with zero attached hydrogens (tertiary/aromatic N) is 4. The SMILES string of the molecule is Fc1cnc(OC2CCN(c3ccc4ccccc4n3)CC2)nc1. The van der Waals surface area contributed by atoms with Crippen LogP contribution < -0.4 is 9.64 Å². The van der Waals surface area contributed by atoms with E-state index in [1.54, 1.807) is 0 Å². The van der Waals surface area contributed by atoms with Gasteiger partial charge in [0.2, 0.25) is 0 Å². The minimum atomic E-state index is -0.459. The third kappa shape index (κ3) is 3.13. The monoisotopic (exact) mass is 324 g/mol. The van der Waals surface area contributed by atoms with E-state index >= 15 is 0 Å². The topological polar surface area (TPSA) is 51.1 Å². The molecule has 0 bridgehead atoms. The molecule has 1 saturated heterocycles. The summed E-state index contributed by atoms with van der Waals surface area (Å²) in [6.07, 6.45) is 4.00. The van der Waals surface area contributed by atoms with Crippen molar-refractivity contribution in [2.24, 2.45) is 0 Å². The molecule has 2 aromatic heterocycles. The summed E-state index contributed by atoms with van der Waals surface area (Å²) in [5.41, 5.74) is 1.01. The summed E-state index contributed by atoms with van der Waals surface area (Å²) in [4.78, 5) is 14.7. The van der Waals surface area contributed by atoms with E-state index in [9.17, 15) is 4.39 Å². The zero-order valence-corrected chi connectivity index (χ0v) is 13.1. The molecule has 1 fully saturated rings. The summed E-state index contributed by atoms with van der Waals surface area (Å²) in [7, 11) is 0. The highest BCUT2D eigenvalue weighted by atomic mass is 19.1. The number of benzene rings is 1. The highest BCUT2D eigenvalue weighted by Crippen LogP contribution is 2.23. The van der Waals surface area contributed by atoms with Crippen LogP contribution in [0.25, 0.3) is 10.9 Å². The molecule has 0 aliphatic carbocycles. The highest BCUT2D eigenvalue weighted by Gasteiger charge is 2.22. The number of halogens is 1. The number of pyridine rings is 1. The number of rotatable bonds is 3. The van der Waals surface area contributed by atoms with Crippen LogP contribution in [0.15, 0.2) is 48.8 Å². The van der Waals surface area contributed by atoms with Crippen molar-refractivity contribution < 1.29 is 9.13 Å². The fraction of sp³-hybridized carbons (Fsp3) is 0.278. The first-order valence-corrected chi connectivity index (χ1v) is 8.03. The Morgan fingerprint density at radius 1 is 1.00 bits per heavy atom. The average Bonchev–Trinajstić information content (AvgIpc) is 2.64. The number of hydrogen-bond donors (Lipinski definition) is 0. The molecule has 0 spiro atoms. The second-order valence-corrected chi connectivity index (χ2v) is 5.85. The van der Waals surface area contributed by atoms with Gasteiger partial charge in [0, 0.05) is 31.3 Å². The maximum Gasteiger partial charge on any atom is 0.316 e. The third-order valence-corrected chi connectivity index (χ3v) is 4.22. The second-order valence-electron chi connectivity index (χ2n) is 5.85. The normalized spacial score (nSPS) is 15.6. The van der Waals surface area contributed by atoms with Crippen LogP contribution >= 0.6 is 0 Å². The standard InChI is InChI=1S/C18H17FN4O/c19-14-11-20-18(21-12-14)24-15-7-9-23(10-8-15)17-6-5-13-3-1-2-4-16(13)22-17/h1-6,11-12,15H,7-10H2. The van der Waals surface area contributed by atoms with E-state index in [4.69, 9.17) is 9.72 Å². The van der Waals surface area contributed by atoms with Gasteiger partial charge in [0.05, 0.1) is 17.9 Å². The Bertz CT molecular complexity index is 832. The quantitative estimate of drug-likeness (QED) is 0.740. The van der Waals surface area contributed by atoms with Gasteiger partial charge < -0.3 is 9.64 Å². The molecule has 0 amide bonds. The lowest BCUT2D eigenvalue weighted by molar-refractivity contribution is 0.156. The molecule has 24 heavy (non-hydrogen) atoms. The molecule has 0 unspecified atom stereocenters. The molecule has 0 saturated carbocycles. The number of aromatic nitrogens is 3. The summed E-state index contributed by atoms with van der Waals surface area (Å²) in [5.74, 6) is 0.532. The van der Waals surface area contributed by atoms with Crippen molar-refractivity contribution in [3.8, 4) is 6.01 Å². The van der Waals surface area contributed by atoms with Crippen LogP contribution in [0, 0.1) is 5.82 Å². The highest BCUT2D eigenvalue weighted by molar-refractivity contribution is 5.80. The summed E-state index contributed by atoms with van der Waals surface area (Å²) in [6, 6.07) is 12.5. The molecule has 0 radical (unpaired) electrons. The molecular formula is C18H17FN4O. The van der Waals surface area contributed by atoms with Crippen molar-refractivity contribution in [2.45, 2.75) is 18.9 Å². The molecule has 3 heterocycles. The van der Waals surface area contributed by atoms with Crippen LogP contribution in [-0.2, 0) is 0 Å². The first-order valence-electron chi connectivity index (χ1n) is 8.03. The van der Waals surface area contributed by atoms with Gasteiger partial charge >= 0.3 is 6.01 Å². The number of fused-ring (bicyclic) bond motifs is 1. The minimum absolute atomic E-state index is 0.0483. The number of piperidine rings is 1. The Morgan fingerprint density at radius 3 is 2.54 bits per heavy atom. The lowest BCUT2D eigenvalue weighted by Crippen LogP contribution is -2.38. The van der Waals surface area contributed by atoms with Gasteiger partial charge in [-0.1, -0.05) is 18.2 Å². The van der Waals surface area contributed by atoms with Crippen molar-refractivity contribution in [3.05, 3.63) is 54.6 Å². The van der Waals surface area contributed by atoms with Crippen LogP contribution in [-0.4, -0.2) is 34.1 Å². The van der Waals surface area contributed by atoms with Crippen molar-refractivity contribution in [3.63, 3.8) is 0 Å². The Hall–Kier alpha value is -2.76. The van der Waals surface area contributed by atoms with Gasteiger partial charge in [0.15, 0.2) is 5.82 Å². The average molecular weight is 324 g/mol. The minimum Gasteiger partial charge on any atom is -0.460 e. The molecule has 6 heteroatoms. The van der Waals surface area contributed by atoms with Crippen molar-refractivity contribution in [1.29, 1.82) is 0 Å². The van der Waals surface area contributed by atoms with Gasteiger partial charge in [-0.05, 0) is 18.2 Å². The van der Waals surface area contributed by atoms with Gasteiger partial charge in [0.1, 0.15) is 11.9 Å². The zero-order chi connectivity index (χ0) is 16.4. The molecule has 4 rings (SSSR count). The predicted molar refractivity (Wildman–Crippen MR) is 89.6 cm³/mol. The van der Waals surface area contributed by atoms with Crippen molar-refractivity contribution in [1.82, 2.24) is 15.0 Å². The number of anilines is 1. The van der Waals surface area contributed by atoms with E-state index in [-0.39, 0.29) is 12.1 Å². The van der Waals surface area contributed by atoms with Crippen LogP contribution in [0.3, 0.4) is 0 Å². The number of para-hydroxylation sites is 1. The van der Waals surface area contributed by atoms with Crippen molar-refractivity contribution >= 4 is 16.7 Å². The fourth-order valence-electron chi connectivity index (χ4n) is 2.94. The molecule has 0 N–H and O–H groups in total. The van der Waals surface area contributed by atoms with E-state index in [1.165, 1.54) is 0 Å². The molecule has 1 aliphatic heterocycles. The Kier molecular flexibility index (Phi) is 3.94. The van der Waals surface area contributed by atoms with Gasteiger partial charge in [-0.3, -0.25) is 0 Å². The second kappa shape index (κ2) is 6.39. The largest absolute Gasteiger partial charge is 0.460 e. The Labute approximate surface area is 139 Å². The molecule has 1 aromatic carbocycles.